The van der Waals surface area contributed by atoms with Crippen LogP contribution in [0.4, 0.5) is 4.39 Å². The Kier molecular flexibility index (Phi) is 4.13. The van der Waals surface area contributed by atoms with Crippen molar-refractivity contribution < 1.29 is 9.13 Å². The van der Waals surface area contributed by atoms with E-state index in [2.05, 4.69) is 0 Å². The lowest BCUT2D eigenvalue weighted by Crippen LogP contribution is -2.38. The quantitative estimate of drug-likeness (QED) is 0.911. The van der Waals surface area contributed by atoms with Crippen molar-refractivity contribution in [1.82, 2.24) is 0 Å². The summed E-state index contributed by atoms with van der Waals surface area (Å²) in [7, 11) is 1.55. The van der Waals surface area contributed by atoms with Crippen molar-refractivity contribution in [3.63, 3.8) is 0 Å². The molecule has 2 N–H and O–H groups in total. The summed E-state index contributed by atoms with van der Waals surface area (Å²) >= 11 is 5.91. The van der Waals surface area contributed by atoms with Gasteiger partial charge in [0.2, 0.25) is 0 Å². The first-order valence-electron chi connectivity index (χ1n) is 6.37. The van der Waals surface area contributed by atoms with E-state index in [9.17, 15) is 4.39 Å². The Bertz CT molecular complexity index is 430. The fraction of sp³-hybridized carbons (Fsp3) is 0.571. The predicted molar refractivity (Wildman–Crippen MR) is 71.8 cm³/mol. The minimum atomic E-state index is -0.372. The first-order valence-corrected chi connectivity index (χ1v) is 6.75. The number of rotatable bonds is 3. The van der Waals surface area contributed by atoms with Crippen molar-refractivity contribution in [3.05, 3.63) is 28.5 Å². The smallest absolute Gasteiger partial charge is 0.149 e. The third-order valence-corrected chi connectivity index (χ3v) is 4.30. The van der Waals surface area contributed by atoms with Crippen LogP contribution in [-0.2, 0) is 5.41 Å². The Hall–Kier alpha value is -0.800. The minimum Gasteiger partial charge on any atom is -0.496 e. The summed E-state index contributed by atoms with van der Waals surface area (Å²) in [6.45, 7) is 0.431. The molecule has 4 heteroatoms. The zero-order valence-corrected chi connectivity index (χ0v) is 11.4. The molecule has 2 nitrogen and oxygen atoms in total. The van der Waals surface area contributed by atoms with Crippen LogP contribution < -0.4 is 10.5 Å². The van der Waals surface area contributed by atoms with Gasteiger partial charge in [0, 0.05) is 17.5 Å². The van der Waals surface area contributed by atoms with Gasteiger partial charge in [-0.2, -0.15) is 0 Å². The van der Waals surface area contributed by atoms with Gasteiger partial charge in [0.05, 0.1) is 12.1 Å². The van der Waals surface area contributed by atoms with Crippen LogP contribution in [0, 0.1) is 5.82 Å². The van der Waals surface area contributed by atoms with Gasteiger partial charge in [-0.1, -0.05) is 30.9 Å². The third-order valence-electron chi connectivity index (χ3n) is 4.01. The molecule has 0 heterocycles. The second kappa shape index (κ2) is 5.45. The lowest BCUT2D eigenvalue weighted by Gasteiger charge is -2.37. The van der Waals surface area contributed by atoms with E-state index in [0.29, 0.717) is 17.9 Å². The van der Waals surface area contributed by atoms with Crippen LogP contribution in [0.5, 0.6) is 5.75 Å². The van der Waals surface area contributed by atoms with Gasteiger partial charge in [-0.05, 0) is 25.0 Å². The highest BCUT2D eigenvalue weighted by atomic mass is 35.5. The second-order valence-corrected chi connectivity index (χ2v) is 5.39. The van der Waals surface area contributed by atoms with Gasteiger partial charge < -0.3 is 10.5 Å². The molecule has 18 heavy (non-hydrogen) atoms. The molecule has 1 aromatic rings. The zero-order chi connectivity index (χ0) is 13.2. The average molecular weight is 272 g/mol. The summed E-state index contributed by atoms with van der Waals surface area (Å²) < 4.78 is 19.7. The molecule has 1 aromatic carbocycles. The Morgan fingerprint density at radius 1 is 1.33 bits per heavy atom. The van der Waals surface area contributed by atoms with Crippen molar-refractivity contribution in [3.8, 4) is 5.75 Å². The maximum atomic E-state index is 14.4. The SMILES string of the molecule is COc1ccc(Cl)c(F)c1C1(CN)CCCCC1. The number of halogens is 2. The fourth-order valence-electron chi connectivity index (χ4n) is 2.98. The normalized spacial score (nSPS) is 18.7. The van der Waals surface area contributed by atoms with E-state index in [-0.39, 0.29) is 16.3 Å². The summed E-state index contributed by atoms with van der Waals surface area (Å²) in [5, 5.41) is 0.143. The van der Waals surface area contributed by atoms with E-state index in [1.165, 1.54) is 12.5 Å². The van der Waals surface area contributed by atoms with Gasteiger partial charge in [0.15, 0.2) is 0 Å². The highest BCUT2D eigenvalue weighted by molar-refractivity contribution is 6.30. The first-order chi connectivity index (χ1) is 8.64. The van der Waals surface area contributed by atoms with Crippen molar-refractivity contribution in [2.45, 2.75) is 37.5 Å². The summed E-state index contributed by atoms with van der Waals surface area (Å²) in [6, 6.07) is 3.26. The molecule has 0 bridgehead atoms. The van der Waals surface area contributed by atoms with E-state index in [1.807, 2.05) is 0 Å². The topological polar surface area (TPSA) is 35.2 Å². The number of nitrogens with two attached hydrogens (primary N) is 1. The van der Waals surface area contributed by atoms with Gasteiger partial charge >= 0.3 is 0 Å². The van der Waals surface area contributed by atoms with Gasteiger partial charge in [0.1, 0.15) is 11.6 Å². The molecule has 0 saturated heterocycles. The maximum Gasteiger partial charge on any atom is 0.149 e. The van der Waals surface area contributed by atoms with Gasteiger partial charge in [-0.25, -0.2) is 4.39 Å². The largest absolute Gasteiger partial charge is 0.496 e. The van der Waals surface area contributed by atoms with Gasteiger partial charge in [-0.15, -0.1) is 0 Å². The molecule has 1 aliphatic carbocycles. The molecule has 100 valence electrons. The predicted octanol–water partition coefficient (Wildman–Crippen LogP) is 3.65. The number of hydrogen-bond acceptors (Lipinski definition) is 2. The Labute approximate surface area is 112 Å². The number of hydrogen-bond donors (Lipinski definition) is 1. The lowest BCUT2D eigenvalue weighted by atomic mass is 9.69. The molecular formula is C14H19ClFNO. The van der Waals surface area contributed by atoms with Crippen LogP contribution in [-0.4, -0.2) is 13.7 Å². The van der Waals surface area contributed by atoms with Crippen LogP contribution in [0.1, 0.15) is 37.7 Å². The summed E-state index contributed by atoms with van der Waals surface area (Å²) in [6.07, 6.45) is 5.14. The fourth-order valence-corrected chi connectivity index (χ4v) is 3.14. The van der Waals surface area contributed by atoms with Crippen LogP contribution in [0.3, 0.4) is 0 Å². The molecule has 0 radical (unpaired) electrons. The van der Waals surface area contributed by atoms with E-state index >= 15 is 0 Å². The van der Waals surface area contributed by atoms with Crippen molar-refractivity contribution in [2.24, 2.45) is 5.73 Å². The molecule has 2 rings (SSSR count). The standard InChI is InChI=1S/C14H19ClFNO/c1-18-11-6-5-10(15)13(16)12(11)14(9-17)7-3-2-4-8-14/h5-6H,2-4,7-9,17H2,1H3. The highest BCUT2D eigenvalue weighted by Crippen LogP contribution is 2.45. The third kappa shape index (κ3) is 2.21. The van der Waals surface area contributed by atoms with Gasteiger partial charge in [-0.3, -0.25) is 0 Å². The Balaban J connectivity index is 2.56. The van der Waals surface area contributed by atoms with Crippen LogP contribution in [0.25, 0.3) is 0 Å². The molecule has 0 aromatic heterocycles. The van der Waals surface area contributed by atoms with Gasteiger partial charge in [0.25, 0.3) is 0 Å². The Morgan fingerprint density at radius 2 is 2.00 bits per heavy atom. The van der Waals surface area contributed by atoms with E-state index < -0.39 is 0 Å². The molecule has 1 fully saturated rings. The first kappa shape index (κ1) is 13.6. The Morgan fingerprint density at radius 3 is 2.56 bits per heavy atom. The van der Waals surface area contributed by atoms with Crippen molar-refractivity contribution in [2.75, 3.05) is 13.7 Å². The van der Waals surface area contributed by atoms with Crippen LogP contribution in [0.2, 0.25) is 5.02 Å². The monoisotopic (exact) mass is 271 g/mol. The molecule has 0 atom stereocenters. The molecule has 1 aliphatic rings. The molecule has 0 spiro atoms. The summed E-state index contributed by atoms with van der Waals surface area (Å²) in [4.78, 5) is 0. The molecule has 0 amide bonds. The summed E-state index contributed by atoms with van der Waals surface area (Å²) in [5.41, 5.74) is 6.20. The maximum absolute atomic E-state index is 14.4. The van der Waals surface area contributed by atoms with E-state index in [1.54, 1.807) is 13.2 Å². The molecule has 0 aliphatic heterocycles. The number of methoxy groups -OCH3 is 1. The van der Waals surface area contributed by atoms with E-state index in [4.69, 9.17) is 22.1 Å². The summed E-state index contributed by atoms with van der Waals surface area (Å²) in [5.74, 6) is 0.188. The minimum absolute atomic E-state index is 0.143. The highest BCUT2D eigenvalue weighted by Gasteiger charge is 2.38. The van der Waals surface area contributed by atoms with Crippen LogP contribution in [0.15, 0.2) is 12.1 Å². The number of benzene rings is 1. The second-order valence-electron chi connectivity index (χ2n) is 4.98. The van der Waals surface area contributed by atoms with Crippen LogP contribution >= 0.6 is 11.6 Å². The average Bonchev–Trinajstić information content (AvgIpc) is 2.42. The lowest BCUT2D eigenvalue weighted by molar-refractivity contribution is 0.278. The number of ether oxygens (including phenoxy) is 1. The van der Waals surface area contributed by atoms with Crippen molar-refractivity contribution >= 4 is 11.6 Å². The van der Waals surface area contributed by atoms with Crippen molar-refractivity contribution in [1.29, 1.82) is 0 Å². The molecule has 1 saturated carbocycles. The zero-order valence-electron chi connectivity index (χ0n) is 10.6. The molecule has 0 unspecified atom stereocenters. The van der Waals surface area contributed by atoms with E-state index in [0.717, 1.165) is 25.7 Å². The molecular weight excluding hydrogens is 253 g/mol.